The van der Waals surface area contributed by atoms with Gasteiger partial charge in [-0.15, -0.1) is 0 Å². The van der Waals surface area contributed by atoms with Gasteiger partial charge in [0.1, 0.15) is 5.76 Å². The van der Waals surface area contributed by atoms with E-state index in [0.717, 1.165) is 17.9 Å². The van der Waals surface area contributed by atoms with Crippen molar-refractivity contribution in [2.24, 2.45) is 0 Å². The number of hydrogen-bond acceptors (Lipinski definition) is 3. The van der Waals surface area contributed by atoms with Gasteiger partial charge < -0.3 is 14.8 Å². The second kappa shape index (κ2) is 5.93. The molecule has 0 bridgehead atoms. The molecule has 0 aliphatic heterocycles. The van der Waals surface area contributed by atoms with E-state index >= 15 is 0 Å². The Morgan fingerprint density at radius 2 is 2.26 bits per heavy atom. The first-order chi connectivity index (χ1) is 9.06. The zero-order valence-corrected chi connectivity index (χ0v) is 12.0. The summed E-state index contributed by atoms with van der Waals surface area (Å²) in [7, 11) is 0. The topological polar surface area (TPSA) is 62.5 Å². The number of anilines is 1. The van der Waals surface area contributed by atoms with Crippen LogP contribution >= 0.6 is 15.9 Å². The van der Waals surface area contributed by atoms with E-state index in [0.29, 0.717) is 4.47 Å². The lowest BCUT2D eigenvalue weighted by Crippen LogP contribution is -2.17. The molecule has 100 valence electrons. The molecule has 0 aliphatic carbocycles. The van der Waals surface area contributed by atoms with Gasteiger partial charge in [0.05, 0.1) is 11.8 Å². The second-order valence-corrected chi connectivity index (χ2v) is 5.18. The van der Waals surface area contributed by atoms with E-state index in [4.69, 9.17) is 9.52 Å². The number of carboxylic acid groups (broad SMARTS) is 1. The first-order valence-electron chi connectivity index (χ1n) is 5.88. The SMILES string of the molecule is CC(Cc1ccco1)Nc1ccc(C(=O)O)c(Br)c1. The van der Waals surface area contributed by atoms with Gasteiger partial charge in [-0.2, -0.15) is 0 Å². The molecule has 2 aromatic rings. The highest BCUT2D eigenvalue weighted by molar-refractivity contribution is 9.10. The Labute approximate surface area is 119 Å². The Bertz CT molecular complexity index is 566. The van der Waals surface area contributed by atoms with Gasteiger partial charge >= 0.3 is 5.97 Å². The number of carbonyl (C=O) groups is 1. The molecule has 2 rings (SSSR count). The van der Waals surface area contributed by atoms with Crippen molar-refractivity contribution in [3.8, 4) is 0 Å². The normalized spacial score (nSPS) is 12.1. The molecule has 0 saturated heterocycles. The number of halogens is 1. The van der Waals surface area contributed by atoms with Gasteiger partial charge in [0, 0.05) is 22.6 Å². The number of nitrogens with one attached hydrogen (secondary N) is 1. The molecule has 1 heterocycles. The zero-order chi connectivity index (χ0) is 13.8. The molecule has 19 heavy (non-hydrogen) atoms. The maximum atomic E-state index is 10.9. The summed E-state index contributed by atoms with van der Waals surface area (Å²) in [5.74, 6) is -0.0247. The first kappa shape index (κ1) is 13.7. The van der Waals surface area contributed by atoms with Crippen molar-refractivity contribution in [1.82, 2.24) is 0 Å². The number of rotatable bonds is 5. The van der Waals surface area contributed by atoms with E-state index in [1.807, 2.05) is 19.1 Å². The molecule has 0 fully saturated rings. The van der Waals surface area contributed by atoms with Gasteiger partial charge in [-0.05, 0) is 53.2 Å². The smallest absolute Gasteiger partial charge is 0.336 e. The number of hydrogen-bond donors (Lipinski definition) is 2. The third kappa shape index (κ3) is 3.61. The highest BCUT2D eigenvalue weighted by atomic mass is 79.9. The zero-order valence-electron chi connectivity index (χ0n) is 10.4. The number of aromatic carboxylic acids is 1. The maximum Gasteiger partial charge on any atom is 0.336 e. The van der Waals surface area contributed by atoms with Crippen LogP contribution in [-0.4, -0.2) is 17.1 Å². The molecule has 1 atom stereocenters. The fraction of sp³-hybridized carbons (Fsp3) is 0.214. The van der Waals surface area contributed by atoms with Crippen LogP contribution in [0.3, 0.4) is 0 Å². The maximum absolute atomic E-state index is 10.9. The summed E-state index contributed by atoms with van der Waals surface area (Å²) in [6, 6.07) is 9.08. The molecule has 1 aromatic heterocycles. The average Bonchev–Trinajstić information content (AvgIpc) is 2.81. The largest absolute Gasteiger partial charge is 0.478 e. The van der Waals surface area contributed by atoms with Crippen LogP contribution in [0.1, 0.15) is 23.0 Å². The van der Waals surface area contributed by atoms with Gasteiger partial charge in [0.2, 0.25) is 0 Å². The van der Waals surface area contributed by atoms with E-state index in [-0.39, 0.29) is 11.6 Å². The third-order valence-corrected chi connectivity index (χ3v) is 3.36. The summed E-state index contributed by atoms with van der Waals surface area (Å²) in [4.78, 5) is 10.9. The molecule has 0 aliphatic rings. The quantitative estimate of drug-likeness (QED) is 0.878. The fourth-order valence-electron chi connectivity index (χ4n) is 1.84. The number of carboxylic acids is 1. The molecule has 5 heteroatoms. The van der Waals surface area contributed by atoms with Crippen molar-refractivity contribution in [3.05, 3.63) is 52.4 Å². The number of benzene rings is 1. The lowest BCUT2D eigenvalue weighted by Gasteiger charge is -2.14. The Hall–Kier alpha value is -1.75. The molecule has 4 nitrogen and oxygen atoms in total. The van der Waals surface area contributed by atoms with E-state index in [9.17, 15) is 4.79 Å². The molecule has 1 aromatic carbocycles. The van der Waals surface area contributed by atoms with Crippen LogP contribution in [0.25, 0.3) is 0 Å². The molecule has 0 saturated carbocycles. The highest BCUT2D eigenvalue weighted by Gasteiger charge is 2.10. The lowest BCUT2D eigenvalue weighted by molar-refractivity contribution is 0.0696. The monoisotopic (exact) mass is 323 g/mol. The third-order valence-electron chi connectivity index (χ3n) is 2.70. The standard InChI is InChI=1S/C14H14BrNO3/c1-9(7-11-3-2-6-19-11)16-10-4-5-12(14(17)18)13(15)8-10/h2-6,8-9,16H,7H2,1H3,(H,17,18). The predicted molar refractivity (Wildman–Crippen MR) is 76.6 cm³/mol. The minimum absolute atomic E-state index is 0.189. The molecule has 0 spiro atoms. The summed E-state index contributed by atoms with van der Waals surface area (Å²) in [5.41, 5.74) is 1.13. The minimum Gasteiger partial charge on any atom is -0.478 e. The van der Waals surface area contributed by atoms with Crippen molar-refractivity contribution < 1.29 is 14.3 Å². The highest BCUT2D eigenvalue weighted by Crippen LogP contribution is 2.22. The molecular formula is C14H14BrNO3. The van der Waals surface area contributed by atoms with E-state index < -0.39 is 5.97 Å². The van der Waals surface area contributed by atoms with Crippen LogP contribution < -0.4 is 5.32 Å². The van der Waals surface area contributed by atoms with E-state index in [2.05, 4.69) is 21.2 Å². The van der Waals surface area contributed by atoms with Crippen molar-refractivity contribution in [2.75, 3.05) is 5.32 Å². The fourth-order valence-corrected chi connectivity index (χ4v) is 2.39. The van der Waals surface area contributed by atoms with Crippen LogP contribution in [0.4, 0.5) is 5.69 Å². The summed E-state index contributed by atoms with van der Waals surface area (Å²) in [6.07, 6.45) is 2.42. The van der Waals surface area contributed by atoms with E-state index in [1.54, 1.807) is 24.5 Å². The summed E-state index contributed by atoms with van der Waals surface area (Å²) in [6.45, 7) is 2.04. The van der Waals surface area contributed by atoms with Crippen molar-refractivity contribution in [3.63, 3.8) is 0 Å². The van der Waals surface area contributed by atoms with Crippen LogP contribution in [0.2, 0.25) is 0 Å². The first-order valence-corrected chi connectivity index (χ1v) is 6.67. The van der Waals surface area contributed by atoms with Gasteiger partial charge in [-0.25, -0.2) is 4.79 Å². The van der Waals surface area contributed by atoms with Crippen LogP contribution in [0, 0.1) is 0 Å². The van der Waals surface area contributed by atoms with Gasteiger partial charge in [-0.3, -0.25) is 0 Å². The summed E-state index contributed by atoms with van der Waals surface area (Å²) in [5, 5.41) is 12.3. The molecular weight excluding hydrogens is 310 g/mol. The molecule has 2 N–H and O–H groups in total. The Morgan fingerprint density at radius 1 is 1.47 bits per heavy atom. The van der Waals surface area contributed by atoms with Crippen LogP contribution in [-0.2, 0) is 6.42 Å². The van der Waals surface area contributed by atoms with E-state index in [1.165, 1.54) is 0 Å². The Balaban J connectivity index is 2.03. The number of furan rings is 1. The Kier molecular flexibility index (Phi) is 4.27. The summed E-state index contributed by atoms with van der Waals surface area (Å²) >= 11 is 3.26. The Morgan fingerprint density at radius 3 is 2.84 bits per heavy atom. The lowest BCUT2D eigenvalue weighted by atomic mass is 10.1. The minimum atomic E-state index is -0.943. The second-order valence-electron chi connectivity index (χ2n) is 4.33. The van der Waals surface area contributed by atoms with Crippen molar-refractivity contribution in [1.29, 1.82) is 0 Å². The van der Waals surface area contributed by atoms with Gasteiger partial charge in [0.25, 0.3) is 0 Å². The molecule has 1 unspecified atom stereocenters. The van der Waals surface area contributed by atoms with Crippen LogP contribution in [0.15, 0.2) is 45.5 Å². The molecule has 0 radical (unpaired) electrons. The van der Waals surface area contributed by atoms with Gasteiger partial charge in [0.15, 0.2) is 0 Å². The molecule has 0 amide bonds. The van der Waals surface area contributed by atoms with Crippen molar-refractivity contribution in [2.45, 2.75) is 19.4 Å². The van der Waals surface area contributed by atoms with Gasteiger partial charge in [-0.1, -0.05) is 0 Å². The van der Waals surface area contributed by atoms with Crippen molar-refractivity contribution >= 4 is 27.6 Å². The average molecular weight is 324 g/mol. The predicted octanol–water partition coefficient (Wildman–Crippen LogP) is 3.78. The van der Waals surface area contributed by atoms with Crippen LogP contribution in [0.5, 0.6) is 0 Å². The summed E-state index contributed by atoms with van der Waals surface area (Å²) < 4.78 is 5.85.